The van der Waals surface area contributed by atoms with Gasteiger partial charge in [-0.25, -0.2) is 4.79 Å². The molecule has 2 N–H and O–H groups in total. The van der Waals surface area contributed by atoms with Crippen LogP contribution in [0.4, 0.5) is 4.79 Å². The molecule has 1 atom stereocenters. The van der Waals surface area contributed by atoms with Gasteiger partial charge in [0.2, 0.25) is 5.91 Å². The number of amides is 2. The Morgan fingerprint density at radius 3 is 1.87 bits per heavy atom. The Balaban J connectivity index is 1.44. The highest BCUT2D eigenvalue weighted by atomic mass is 16.6. The number of carbonyl (C=O) groups is 2. The van der Waals surface area contributed by atoms with Gasteiger partial charge >= 0.3 is 6.09 Å². The Bertz CT molecular complexity index is 1660. The van der Waals surface area contributed by atoms with E-state index < -0.39 is 11.7 Å². The van der Waals surface area contributed by atoms with Gasteiger partial charge < -0.3 is 24.8 Å². The van der Waals surface area contributed by atoms with Crippen LogP contribution in [0.3, 0.4) is 0 Å². The number of rotatable bonds is 16. The van der Waals surface area contributed by atoms with E-state index in [2.05, 4.69) is 79.6 Å². The van der Waals surface area contributed by atoms with Crippen molar-refractivity contribution in [2.75, 3.05) is 26.3 Å². The van der Waals surface area contributed by atoms with Crippen molar-refractivity contribution in [3.63, 3.8) is 0 Å². The Hall–Kier alpha value is -4.52. The third-order valence-corrected chi connectivity index (χ3v) is 7.87. The molecule has 4 rings (SSSR count). The minimum absolute atomic E-state index is 0.0858. The van der Waals surface area contributed by atoms with Gasteiger partial charge in [0.05, 0.1) is 19.1 Å². The molecule has 47 heavy (non-hydrogen) atoms. The summed E-state index contributed by atoms with van der Waals surface area (Å²) < 4.78 is 18.1. The number of ether oxygens (including phenoxy) is 3. The highest BCUT2D eigenvalue weighted by Gasteiger charge is 2.20. The Labute approximate surface area is 279 Å². The van der Waals surface area contributed by atoms with E-state index in [9.17, 15) is 9.59 Å². The average molecular weight is 639 g/mol. The fraction of sp³-hybridized carbons (Fsp3) is 0.400. The number of nitrogens with one attached hydrogen (secondary N) is 2. The lowest BCUT2D eigenvalue weighted by Gasteiger charge is -2.20. The summed E-state index contributed by atoms with van der Waals surface area (Å²) in [6.45, 7) is 15.5. The predicted octanol–water partition coefficient (Wildman–Crippen LogP) is 9.08. The SMILES string of the molecule is C=C[C@H](CCCCNC(=O)OC(C)(C)C)C(=O)NCCOc1ccc2ccccc2c1-c1c(OCCC(C)C)ccc2ccccc12. The molecule has 7 heteroatoms. The summed E-state index contributed by atoms with van der Waals surface area (Å²) in [6, 6.07) is 24.9. The zero-order chi connectivity index (χ0) is 33.8. The second-order valence-electron chi connectivity index (χ2n) is 13.3. The molecule has 7 nitrogen and oxygen atoms in total. The lowest BCUT2D eigenvalue weighted by molar-refractivity contribution is -0.123. The highest BCUT2D eigenvalue weighted by molar-refractivity contribution is 6.09. The molecule has 0 aromatic heterocycles. The molecule has 0 unspecified atom stereocenters. The van der Waals surface area contributed by atoms with Gasteiger partial charge in [-0.15, -0.1) is 6.58 Å². The first-order chi connectivity index (χ1) is 22.6. The fourth-order valence-electron chi connectivity index (χ4n) is 5.48. The second kappa shape index (κ2) is 16.9. The minimum atomic E-state index is -0.532. The first-order valence-electron chi connectivity index (χ1n) is 16.7. The summed E-state index contributed by atoms with van der Waals surface area (Å²) in [6.07, 6.45) is 4.35. The monoisotopic (exact) mass is 638 g/mol. The van der Waals surface area contributed by atoms with Crippen LogP contribution in [0.25, 0.3) is 32.7 Å². The molecule has 0 saturated heterocycles. The molecule has 0 radical (unpaired) electrons. The molecular formula is C40H50N2O5. The van der Waals surface area contributed by atoms with Crippen LogP contribution in [0.5, 0.6) is 11.5 Å². The van der Waals surface area contributed by atoms with Gasteiger partial charge in [-0.3, -0.25) is 4.79 Å². The quantitative estimate of drug-likeness (QED) is 0.0945. The molecule has 0 bridgehead atoms. The third-order valence-electron chi connectivity index (χ3n) is 7.87. The fourth-order valence-corrected chi connectivity index (χ4v) is 5.48. The van der Waals surface area contributed by atoms with Crippen LogP contribution < -0.4 is 20.1 Å². The van der Waals surface area contributed by atoms with Crippen molar-refractivity contribution in [2.45, 2.75) is 65.9 Å². The predicted molar refractivity (Wildman–Crippen MR) is 192 cm³/mol. The summed E-state index contributed by atoms with van der Waals surface area (Å²) in [4.78, 5) is 24.8. The van der Waals surface area contributed by atoms with E-state index in [0.29, 0.717) is 38.6 Å². The maximum Gasteiger partial charge on any atom is 0.407 e. The van der Waals surface area contributed by atoms with Crippen molar-refractivity contribution in [3.05, 3.63) is 85.5 Å². The van der Waals surface area contributed by atoms with E-state index in [1.54, 1.807) is 6.08 Å². The van der Waals surface area contributed by atoms with E-state index >= 15 is 0 Å². The van der Waals surface area contributed by atoms with Crippen molar-refractivity contribution in [2.24, 2.45) is 11.8 Å². The number of hydrogen-bond donors (Lipinski definition) is 2. The molecule has 0 fully saturated rings. The summed E-state index contributed by atoms with van der Waals surface area (Å²) >= 11 is 0. The molecule has 0 aliphatic carbocycles. The minimum Gasteiger partial charge on any atom is -0.493 e. The van der Waals surface area contributed by atoms with Gasteiger partial charge in [0.25, 0.3) is 0 Å². The summed E-state index contributed by atoms with van der Waals surface area (Å²) in [5.41, 5.74) is 1.46. The second-order valence-corrected chi connectivity index (χ2v) is 13.3. The van der Waals surface area contributed by atoms with Crippen LogP contribution >= 0.6 is 0 Å². The van der Waals surface area contributed by atoms with E-state index in [4.69, 9.17) is 14.2 Å². The largest absolute Gasteiger partial charge is 0.493 e. The molecule has 0 heterocycles. The number of hydrogen-bond acceptors (Lipinski definition) is 5. The smallest absolute Gasteiger partial charge is 0.407 e. The van der Waals surface area contributed by atoms with Crippen LogP contribution in [0.1, 0.15) is 60.3 Å². The Morgan fingerprint density at radius 2 is 1.32 bits per heavy atom. The van der Waals surface area contributed by atoms with Crippen LogP contribution in [-0.4, -0.2) is 43.9 Å². The van der Waals surface area contributed by atoms with Crippen LogP contribution in [0.2, 0.25) is 0 Å². The first-order valence-corrected chi connectivity index (χ1v) is 16.7. The van der Waals surface area contributed by atoms with Crippen molar-refractivity contribution in [3.8, 4) is 22.6 Å². The lowest BCUT2D eigenvalue weighted by atomic mass is 9.92. The summed E-state index contributed by atoms with van der Waals surface area (Å²) in [5, 5.41) is 10.2. The van der Waals surface area contributed by atoms with E-state index in [0.717, 1.165) is 63.4 Å². The Kier molecular flexibility index (Phi) is 12.7. The molecule has 2 amide bonds. The van der Waals surface area contributed by atoms with Crippen LogP contribution in [0, 0.1) is 11.8 Å². The normalized spacial score (nSPS) is 12.1. The van der Waals surface area contributed by atoms with Crippen molar-refractivity contribution in [1.29, 1.82) is 0 Å². The molecular weight excluding hydrogens is 588 g/mol. The molecule has 0 spiro atoms. The first kappa shape index (κ1) is 35.3. The molecule has 0 aliphatic heterocycles. The highest BCUT2D eigenvalue weighted by Crippen LogP contribution is 2.45. The average Bonchev–Trinajstić information content (AvgIpc) is 3.03. The lowest BCUT2D eigenvalue weighted by Crippen LogP contribution is -2.34. The summed E-state index contributed by atoms with van der Waals surface area (Å²) in [7, 11) is 0. The number of fused-ring (bicyclic) bond motifs is 2. The van der Waals surface area contributed by atoms with Crippen molar-refractivity contribution in [1.82, 2.24) is 10.6 Å². The van der Waals surface area contributed by atoms with E-state index in [1.807, 2.05) is 45.0 Å². The van der Waals surface area contributed by atoms with Gasteiger partial charge in [-0.05, 0) is 79.6 Å². The third kappa shape index (κ3) is 10.2. The van der Waals surface area contributed by atoms with Crippen molar-refractivity contribution < 1.29 is 23.8 Å². The molecule has 0 saturated carbocycles. The van der Waals surface area contributed by atoms with Gasteiger partial charge in [0, 0.05) is 17.7 Å². The topological polar surface area (TPSA) is 85.9 Å². The van der Waals surface area contributed by atoms with Crippen LogP contribution in [-0.2, 0) is 9.53 Å². The zero-order valence-corrected chi connectivity index (χ0v) is 28.6. The van der Waals surface area contributed by atoms with Gasteiger partial charge in [-0.2, -0.15) is 0 Å². The standard InChI is InChI=1S/C40H50N2O5/c1-7-29(14-12-13-24-42-39(44)47-40(4,5)6)38(43)41-25-27-46-35-22-20-31-16-9-11-18-33(31)37(35)36-32-17-10-8-15-30(32)19-21-34(36)45-26-23-28(2)3/h7-11,15-22,28-29H,1,12-14,23-27H2,2-6H3,(H,41,43)(H,42,44)/t29-/m1/s1. The van der Waals surface area contributed by atoms with Gasteiger partial charge in [0.15, 0.2) is 0 Å². The number of carbonyl (C=O) groups excluding carboxylic acids is 2. The molecule has 4 aromatic carbocycles. The molecule has 0 aliphatic rings. The number of alkyl carbamates (subject to hydrolysis) is 1. The van der Waals surface area contributed by atoms with Crippen LogP contribution in [0.15, 0.2) is 85.5 Å². The van der Waals surface area contributed by atoms with Gasteiger partial charge in [0.1, 0.15) is 23.7 Å². The summed E-state index contributed by atoms with van der Waals surface area (Å²) in [5.74, 6) is 1.69. The molecule has 4 aromatic rings. The van der Waals surface area contributed by atoms with E-state index in [1.165, 1.54) is 0 Å². The number of unbranched alkanes of at least 4 members (excludes halogenated alkanes) is 1. The van der Waals surface area contributed by atoms with Gasteiger partial charge in [-0.1, -0.05) is 87.0 Å². The maximum atomic E-state index is 13.0. The maximum absolute atomic E-state index is 13.0. The zero-order valence-electron chi connectivity index (χ0n) is 28.6. The number of benzene rings is 4. The molecule has 250 valence electrons. The van der Waals surface area contributed by atoms with E-state index in [-0.39, 0.29) is 11.8 Å². The Morgan fingerprint density at radius 1 is 0.745 bits per heavy atom. The van der Waals surface area contributed by atoms with Crippen molar-refractivity contribution >= 4 is 33.5 Å².